The van der Waals surface area contributed by atoms with Gasteiger partial charge >= 0.3 is 0 Å². The molecule has 0 heterocycles. The zero-order chi connectivity index (χ0) is 7.82. The first-order valence-electron chi connectivity index (χ1n) is 3.80. The fraction of sp³-hybridized carbons (Fsp3) is 1.00. The lowest BCUT2D eigenvalue weighted by Crippen LogP contribution is -2.22. The van der Waals surface area contributed by atoms with E-state index in [0.717, 1.165) is 13.0 Å². The third-order valence-corrected chi connectivity index (χ3v) is 1.53. The van der Waals surface area contributed by atoms with E-state index in [0.29, 0.717) is 6.61 Å². The van der Waals surface area contributed by atoms with Crippen molar-refractivity contribution in [2.24, 2.45) is 5.73 Å². The molecule has 0 aromatic rings. The Morgan fingerprint density at radius 2 is 2.20 bits per heavy atom. The highest BCUT2D eigenvalue weighted by molar-refractivity contribution is 7.16. The zero-order valence-corrected chi connectivity index (χ0v) is 7.83. The quantitative estimate of drug-likeness (QED) is 0.468. The molecule has 2 N–H and O–H groups in total. The van der Waals surface area contributed by atoms with Gasteiger partial charge in [-0.05, 0) is 25.9 Å². The van der Waals surface area contributed by atoms with E-state index in [2.05, 4.69) is 9.24 Å². The highest BCUT2D eigenvalue weighted by atomic mass is 31.0. The van der Waals surface area contributed by atoms with Crippen molar-refractivity contribution in [3.63, 3.8) is 0 Å². The van der Waals surface area contributed by atoms with Crippen molar-refractivity contribution in [2.75, 3.05) is 19.4 Å². The first kappa shape index (κ1) is 10.3. The Kier molecular flexibility index (Phi) is 7.72. The SMILES string of the molecule is CC(N)COCCCCP. The van der Waals surface area contributed by atoms with Gasteiger partial charge in [0.15, 0.2) is 0 Å². The summed E-state index contributed by atoms with van der Waals surface area (Å²) in [6.07, 6.45) is 3.54. The van der Waals surface area contributed by atoms with Crippen LogP contribution in [-0.4, -0.2) is 25.4 Å². The maximum absolute atomic E-state index is 5.48. The predicted octanol–water partition coefficient (Wildman–Crippen LogP) is 1.01. The van der Waals surface area contributed by atoms with Crippen LogP contribution in [0.1, 0.15) is 19.8 Å². The summed E-state index contributed by atoms with van der Waals surface area (Å²) >= 11 is 0. The molecule has 0 aliphatic carbocycles. The second kappa shape index (κ2) is 7.46. The Morgan fingerprint density at radius 1 is 1.50 bits per heavy atom. The number of ether oxygens (including phenoxy) is 1. The molecule has 2 atom stereocenters. The summed E-state index contributed by atoms with van der Waals surface area (Å²) in [7, 11) is 2.70. The molecule has 0 spiro atoms. The van der Waals surface area contributed by atoms with E-state index in [-0.39, 0.29) is 6.04 Å². The van der Waals surface area contributed by atoms with E-state index in [1.807, 2.05) is 6.92 Å². The summed E-state index contributed by atoms with van der Waals surface area (Å²) in [5, 5.41) is 0. The van der Waals surface area contributed by atoms with Crippen LogP contribution in [0.25, 0.3) is 0 Å². The summed E-state index contributed by atoms with van der Waals surface area (Å²) < 4.78 is 5.26. The van der Waals surface area contributed by atoms with Crippen LogP contribution in [0.5, 0.6) is 0 Å². The second-order valence-electron chi connectivity index (χ2n) is 2.55. The van der Waals surface area contributed by atoms with Crippen molar-refractivity contribution in [1.82, 2.24) is 0 Å². The van der Waals surface area contributed by atoms with Crippen molar-refractivity contribution in [1.29, 1.82) is 0 Å². The average Bonchev–Trinajstić information content (AvgIpc) is 1.87. The molecule has 0 aliphatic rings. The number of hydrogen-bond acceptors (Lipinski definition) is 2. The van der Waals surface area contributed by atoms with Gasteiger partial charge in [-0.1, -0.05) is 0 Å². The molecule has 0 aliphatic heterocycles. The largest absolute Gasteiger partial charge is 0.380 e. The van der Waals surface area contributed by atoms with Crippen molar-refractivity contribution < 1.29 is 4.74 Å². The Labute approximate surface area is 65.7 Å². The van der Waals surface area contributed by atoms with Crippen molar-refractivity contribution in [2.45, 2.75) is 25.8 Å². The Bertz CT molecular complexity index is 68.6. The van der Waals surface area contributed by atoms with Gasteiger partial charge in [-0.3, -0.25) is 0 Å². The summed E-state index contributed by atoms with van der Waals surface area (Å²) in [6, 6.07) is 0.177. The monoisotopic (exact) mass is 163 g/mol. The Balaban J connectivity index is 2.77. The molecule has 62 valence electrons. The van der Waals surface area contributed by atoms with Crippen LogP contribution in [0.3, 0.4) is 0 Å². The lowest BCUT2D eigenvalue weighted by Gasteiger charge is -2.05. The average molecular weight is 163 g/mol. The van der Waals surface area contributed by atoms with Gasteiger partial charge in [-0.2, -0.15) is 0 Å². The topological polar surface area (TPSA) is 35.2 Å². The Morgan fingerprint density at radius 3 is 2.70 bits per heavy atom. The number of rotatable bonds is 6. The molecule has 0 aromatic heterocycles. The maximum atomic E-state index is 5.48. The normalized spacial score (nSPS) is 13.5. The predicted molar refractivity (Wildman–Crippen MR) is 48.3 cm³/mol. The van der Waals surface area contributed by atoms with Crippen LogP contribution in [-0.2, 0) is 4.74 Å². The fourth-order valence-corrected chi connectivity index (χ4v) is 0.906. The molecular formula is C7H18NOP. The van der Waals surface area contributed by atoms with Gasteiger partial charge in [0.2, 0.25) is 0 Å². The number of nitrogens with two attached hydrogens (primary N) is 1. The van der Waals surface area contributed by atoms with Gasteiger partial charge in [0.25, 0.3) is 0 Å². The van der Waals surface area contributed by atoms with E-state index in [9.17, 15) is 0 Å². The van der Waals surface area contributed by atoms with Crippen molar-refractivity contribution in [3.05, 3.63) is 0 Å². The minimum absolute atomic E-state index is 0.177. The second-order valence-corrected chi connectivity index (χ2v) is 3.13. The summed E-state index contributed by atoms with van der Waals surface area (Å²) in [5.41, 5.74) is 5.48. The third kappa shape index (κ3) is 8.35. The highest BCUT2D eigenvalue weighted by Gasteiger charge is 1.92. The molecule has 10 heavy (non-hydrogen) atoms. The van der Waals surface area contributed by atoms with Crippen LogP contribution in [0, 0.1) is 0 Å². The molecule has 2 nitrogen and oxygen atoms in total. The van der Waals surface area contributed by atoms with E-state index in [1.165, 1.54) is 12.6 Å². The van der Waals surface area contributed by atoms with E-state index in [1.54, 1.807) is 0 Å². The van der Waals surface area contributed by atoms with E-state index in [4.69, 9.17) is 10.5 Å². The summed E-state index contributed by atoms with van der Waals surface area (Å²) in [5.74, 6) is 0. The van der Waals surface area contributed by atoms with Crippen LogP contribution in [0.2, 0.25) is 0 Å². The van der Waals surface area contributed by atoms with Gasteiger partial charge in [-0.25, -0.2) is 0 Å². The molecule has 0 aromatic carbocycles. The lowest BCUT2D eigenvalue weighted by atomic mass is 10.3. The summed E-state index contributed by atoms with van der Waals surface area (Å²) in [6.45, 7) is 3.50. The minimum Gasteiger partial charge on any atom is -0.380 e. The van der Waals surface area contributed by atoms with E-state index >= 15 is 0 Å². The standard InChI is InChI=1S/C7H18NOP/c1-7(8)6-9-4-2-3-5-10/h7H,2-6,8,10H2,1H3. The molecule has 2 unspecified atom stereocenters. The molecule has 0 rings (SSSR count). The minimum atomic E-state index is 0.177. The van der Waals surface area contributed by atoms with Crippen LogP contribution in [0.4, 0.5) is 0 Å². The molecule has 3 heteroatoms. The zero-order valence-electron chi connectivity index (χ0n) is 6.68. The molecule has 0 amide bonds. The number of hydrogen-bond donors (Lipinski definition) is 1. The van der Waals surface area contributed by atoms with E-state index < -0.39 is 0 Å². The van der Waals surface area contributed by atoms with Crippen LogP contribution < -0.4 is 5.73 Å². The van der Waals surface area contributed by atoms with Gasteiger partial charge < -0.3 is 10.5 Å². The van der Waals surface area contributed by atoms with Gasteiger partial charge in [0.1, 0.15) is 0 Å². The number of unbranched alkanes of at least 4 members (excludes halogenated alkanes) is 1. The molecule has 0 fully saturated rings. The van der Waals surface area contributed by atoms with Crippen LogP contribution in [0.15, 0.2) is 0 Å². The third-order valence-electron chi connectivity index (χ3n) is 1.12. The van der Waals surface area contributed by atoms with Crippen LogP contribution >= 0.6 is 9.24 Å². The Hall–Kier alpha value is 0.350. The van der Waals surface area contributed by atoms with Gasteiger partial charge in [0.05, 0.1) is 6.61 Å². The van der Waals surface area contributed by atoms with Gasteiger partial charge in [0, 0.05) is 12.6 Å². The first-order chi connectivity index (χ1) is 4.77. The lowest BCUT2D eigenvalue weighted by molar-refractivity contribution is 0.122. The molecule has 0 saturated carbocycles. The molecule has 0 radical (unpaired) electrons. The highest BCUT2D eigenvalue weighted by Crippen LogP contribution is 1.94. The fourth-order valence-electron chi connectivity index (χ4n) is 0.618. The molecule has 0 bridgehead atoms. The van der Waals surface area contributed by atoms with Crippen molar-refractivity contribution >= 4 is 9.24 Å². The molecular weight excluding hydrogens is 145 g/mol. The smallest absolute Gasteiger partial charge is 0.0614 e. The molecule has 0 saturated heterocycles. The van der Waals surface area contributed by atoms with Crippen molar-refractivity contribution in [3.8, 4) is 0 Å². The summed E-state index contributed by atoms with van der Waals surface area (Å²) in [4.78, 5) is 0. The van der Waals surface area contributed by atoms with Gasteiger partial charge in [-0.15, -0.1) is 9.24 Å². The first-order valence-corrected chi connectivity index (χ1v) is 4.62. The maximum Gasteiger partial charge on any atom is 0.0614 e.